The molecule has 20 heavy (non-hydrogen) atoms. The van der Waals surface area contributed by atoms with Crippen molar-refractivity contribution in [2.45, 2.75) is 25.6 Å². The molecule has 0 fully saturated rings. The molecule has 0 aromatic heterocycles. The van der Waals surface area contributed by atoms with Gasteiger partial charge in [-0.25, -0.2) is 9.18 Å². The van der Waals surface area contributed by atoms with Gasteiger partial charge in [0.05, 0.1) is 16.8 Å². The van der Waals surface area contributed by atoms with Crippen molar-refractivity contribution in [2.24, 2.45) is 0 Å². The summed E-state index contributed by atoms with van der Waals surface area (Å²) in [5, 5.41) is 18.4. The third-order valence-electron chi connectivity index (χ3n) is 2.61. The van der Waals surface area contributed by atoms with Crippen LogP contribution in [0.4, 0.5) is 22.4 Å². The van der Waals surface area contributed by atoms with Crippen LogP contribution in [0.25, 0.3) is 0 Å². The molecule has 1 aromatic rings. The summed E-state index contributed by atoms with van der Waals surface area (Å²) in [6, 6.07) is 2.02. The molecule has 0 aliphatic carbocycles. The quantitative estimate of drug-likeness (QED) is 0.591. The molecule has 0 radical (unpaired) electrons. The van der Waals surface area contributed by atoms with Crippen LogP contribution in [0.1, 0.15) is 25.0 Å². The summed E-state index contributed by atoms with van der Waals surface area (Å²) in [7, 11) is 0. The Labute approximate surface area is 111 Å². The average Bonchev–Trinajstić information content (AvgIpc) is 2.24. The van der Waals surface area contributed by atoms with Gasteiger partial charge in [-0.05, 0) is 26.0 Å². The SMILES string of the molecule is CC(C)(NC(=O)O)C(=N)c1ccc(C(F)(F)F)c(F)c1. The monoisotopic (exact) mass is 292 g/mol. The summed E-state index contributed by atoms with van der Waals surface area (Å²) in [5.41, 5.74) is -3.27. The van der Waals surface area contributed by atoms with Crippen LogP contribution in [0.3, 0.4) is 0 Å². The molecule has 0 atom stereocenters. The maximum atomic E-state index is 13.4. The summed E-state index contributed by atoms with van der Waals surface area (Å²) in [5.74, 6) is -1.51. The number of hydrogen-bond acceptors (Lipinski definition) is 2. The highest BCUT2D eigenvalue weighted by Crippen LogP contribution is 2.32. The molecule has 0 saturated carbocycles. The number of carboxylic acid groups (broad SMARTS) is 1. The van der Waals surface area contributed by atoms with E-state index in [1.165, 1.54) is 13.8 Å². The standard InChI is InChI=1S/C12H12F4N2O2/c1-11(2,18-10(19)20)9(17)6-3-4-7(8(13)5-6)12(14,15)16/h3-5,17-18H,1-2H3,(H,19,20). The Kier molecular flexibility index (Phi) is 4.07. The van der Waals surface area contributed by atoms with E-state index in [2.05, 4.69) is 0 Å². The van der Waals surface area contributed by atoms with Gasteiger partial charge in [-0.2, -0.15) is 13.2 Å². The minimum atomic E-state index is -4.82. The minimum Gasteiger partial charge on any atom is -0.465 e. The van der Waals surface area contributed by atoms with E-state index < -0.39 is 29.2 Å². The molecule has 8 heteroatoms. The molecule has 4 nitrogen and oxygen atoms in total. The number of carbonyl (C=O) groups is 1. The van der Waals surface area contributed by atoms with E-state index in [0.29, 0.717) is 12.1 Å². The summed E-state index contributed by atoms with van der Waals surface area (Å²) in [6.45, 7) is 2.69. The Morgan fingerprint density at radius 2 is 1.85 bits per heavy atom. The Balaban J connectivity index is 3.14. The van der Waals surface area contributed by atoms with Crippen molar-refractivity contribution in [1.82, 2.24) is 5.32 Å². The highest BCUT2D eigenvalue weighted by Gasteiger charge is 2.35. The van der Waals surface area contributed by atoms with Crippen LogP contribution in [0, 0.1) is 11.2 Å². The molecule has 0 saturated heterocycles. The van der Waals surface area contributed by atoms with Crippen LogP contribution >= 0.6 is 0 Å². The van der Waals surface area contributed by atoms with E-state index in [1.807, 2.05) is 5.32 Å². The predicted octanol–water partition coefficient (Wildman–Crippen LogP) is 3.26. The van der Waals surface area contributed by atoms with Crippen molar-refractivity contribution in [3.63, 3.8) is 0 Å². The van der Waals surface area contributed by atoms with E-state index in [4.69, 9.17) is 10.5 Å². The molecular weight excluding hydrogens is 280 g/mol. The number of nitrogens with one attached hydrogen (secondary N) is 2. The fourth-order valence-electron chi connectivity index (χ4n) is 1.59. The molecule has 0 spiro atoms. The minimum absolute atomic E-state index is 0.130. The van der Waals surface area contributed by atoms with E-state index in [1.54, 1.807) is 0 Å². The topological polar surface area (TPSA) is 73.2 Å². The van der Waals surface area contributed by atoms with Gasteiger partial charge in [0.25, 0.3) is 0 Å². The average molecular weight is 292 g/mol. The van der Waals surface area contributed by atoms with Crippen molar-refractivity contribution in [3.05, 3.63) is 35.1 Å². The summed E-state index contributed by atoms with van der Waals surface area (Å²) < 4.78 is 50.6. The van der Waals surface area contributed by atoms with Crippen molar-refractivity contribution in [1.29, 1.82) is 5.41 Å². The van der Waals surface area contributed by atoms with Crippen LogP contribution in [0.2, 0.25) is 0 Å². The van der Waals surface area contributed by atoms with Crippen LogP contribution in [0.15, 0.2) is 18.2 Å². The summed E-state index contributed by atoms with van der Waals surface area (Å²) >= 11 is 0. The zero-order valence-corrected chi connectivity index (χ0v) is 10.6. The number of alkyl halides is 3. The van der Waals surface area contributed by atoms with Gasteiger partial charge in [-0.3, -0.25) is 0 Å². The lowest BCUT2D eigenvalue weighted by Gasteiger charge is -2.26. The predicted molar refractivity (Wildman–Crippen MR) is 63.5 cm³/mol. The second-order valence-electron chi connectivity index (χ2n) is 4.62. The Hall–Kier alpha value is -2.12. The molecule has 0 bridgehead atoms. The number of benzene rings is 1. The number of hydrogen-bond donors (Lipinski definition) is 3. The molecule has 1 rings (SSSR count). The zero-order valence-electron chi connectivity index (χ0n) is 10.6. The van der Waals surface area contributed by atoms with Gasteiger partial charge in [-0.15, -0.1) is 0 Å². The van der Waals surface area contributed by atoms with Crippen molar-refractivity contribution in [3.8, 4) is 0 Å². The van der Waals surface area contributed by atoms with Gasteiger partial charge in [0.2, 0.25) is 0 Å². The van der Waals surface area contributed by atoms with E-state index >= 15 is 0 Å². The van der Waals surface area contributed by atoms with Crippen LogP contribution in [-0.2, 0) is 6.18 Å². The Bertz CT molecular complexity index is 553. The maximum Gasteiger partial charge on any atom is 0.419 e. The first-order valence-electron chi connectivity index (χ1n) is 5.42. The lowest BCUT2D eigenvalue weighted by Crippen LogP contribution is -2.49. The molecule has 3 N–H and O–H groups in total. The Morgan fingerprint density at radius 3 is 2.25 bits per heavy atom. The second-order valence-corrected chi connectivity index (χ2v) is 4.62. The largest absolute Gasteiger partial charge is 0.465 e. The van der Waals surface area contributed by atoms with Gasteiger partial charge in [0.1, 0.15) is 5.82 Å². The molecule has 0 aliphatic rings. The molecule has 0 unspecified atom stereocenters. The molecule has 110 valence electrons. The number of rotatable bonds is 3. The normalized spacial score (nSPS) is 12.1. The van der Waals surface area contributed by atoms with Gasteiger partial charge in [0, 0.05) is 5.56 Å². The second kappa shape index (κ2) is 5.10. The van der Waals surface area contributed by atoms with Crippen LogP contribution in [-0.4, -0.2) is 22.5 Å². The summed E-state index contributed by atoms with van der Waals surface area (Å²) in [4.78, 5) is 10.6. The van der Waals surface area contributed by atoms with Gasteiger partial charge >= 0.3 is 12.3 Å². The molecule has 1 amide bonds. The third kappa shape index (κ3) is 3.46. The maximum absolute atomic E-state index is 13.4. The van der Waals surface area contributed by atoms with E-state index in [0.717, 1.165) is 6.07 Å². The first-order chi connectivity index (χ1) is 8.95. The van der Waals surface area contributed by atoms with Gasteiger partial charge in [0.15, 0.2) is 0 Å². The van der Waals surface area contributed by atoms with E-state index in [-0.39, 0.29) is 11.3 Å². The highest BCUT2D eigenvalue weighted by molar-refractivity contribution is 6.06. The van der Waals surface area contributed by atoms with Crippen LogP contribution in [0.5, 0.6) is 0 Å². The fraction of sp³-hybridized carbons (Fsp3) is 0.333. The van der Waals surface area contributed by atoms with Crippen LogP contribution < -0.4 is 5.32 Å². The van der Waals surface area contributed by atoms with Crippen molar-refractivity contribution >= 4 is 11.8 Å². The number of halogens is 4. The highest BCUT2D eigenvalue weighted by atomic mass is 19.4. The first-order valence-corrected chi connectivity index (χ1v) is 5.42. The molecular formula is C12H12F4N2O2. The Morgan fingerprint density at radius 1 is 1.30 bits per heavy atom. The zero-order chi connectivity index (χ0) is 15.7. The molecule has 0 heterocycles. The summed E-state index contributed by atoms with van der Waals surface area (Å²) in [6.07, 6.45) is -6.22. The third-order valence-corrected chi connectivity index (χ3v) is 2.61. The molecule has 0 aliphatic heterocycles. The van der Waals surface area contributed by atoms with Gasteiger partial charge in [-0.1, -0.05) is 6.07 Å². The van der Waals surface area contributed by atoms with Gasteiger partial charge < -0.3 is 15.8 Å². The van der Waals surface area contributed by atoms with Crippen molar-refractivity contribution < 1.29 is 27.5 Å². The van der Waals surface area contributed by atoms with E-state index in [9.17, 15) is 22.4 Å². The van der Waals surface area contributed by atoms with Crippen molar-refractivity contribution in [2.75, 3.05) is 0 Å². The molecule has 1 aromatic carbocycles. The lowest BCUT2D eigenvalue weighted by atomic mass is 9.91. The lowest BCUT2D eigenvalue weighted by molar-refractivity contribution is -0.140. The first kappa shape index (κ1) is 15.9. The number of amides is 1. The smallest absolute Gasteiger partial charge is 0.419 e. The fourth-order valence-corrected chi connectivity index (χ4v) is 1.59.